The maximum absolute atomic E-state index is 14.3. The number of halogens is 3. The van der Waals surface area contributed by atoms with Crippen molar-refractivity contribution in [3.63, 3.8) is 0 Å². The van der Waals surface area contributed by atoms with Gasteiger partial charge in [0.25, 0.3) is 0 Å². The Labute approximate surface area is 155 Å². The second kappa shape index (κ2) is 6.78. The monoisotopic (exact) mass is 393 g/mol. The van der Waals surface area contributed by atoms with Crippen LogP contribution in [0, 0.1) is 18.6 Å². The molecule has 0 spiro atoms. The van der Waals surface area contributed by atoms with Gasteiger partial charge in [-0.1, -0.05) is 23.7 Å². The Morgan fingerprint density at radius 3 is 2.19 bits per heavy atom. The van der Waals surface area contributed by atoms with Crippen molar-refractivity contribution >= 4 is 21.4 Å². The lowest BCUT2D eigenvalue weighted by Crippen LogP contribution is -2.05. The van der Waals surface area contributed by atoms with Crippen molar-refractivity contribution < 1.29 is 17.2 Å². The molecule has 0 saturated carbocycles. The molecule has 3 aromatic rings. The summed E-state index contributed by atoms with van der Waals surface area (Å²) in [6.07, 6.45) is 3.79. The minimum atomic E-state index is -4.02. The minimum absolute atomic E-state index is 0.187. The summed E-state index contributed by atoms with van der Waals surface area (Å²) in [6.45, 7) is 1.87. The van der Waals surface area contributed by atoms with E-state index in [0.29, 0.717) is 16.1 Å². The predicted molar refractivity (Wildman–Crippen MR) is 97.9 cm³/mol. The lowest BCUT2D eigenvalue weighted by molar-refractivity contribution is 0.522. The second-order valence-corrected chi connectivity index (χ2v) is 8.29. The van der Waals surface area contributed by atoms with Crippen molar-refractivity contribution in [3.8, 4) is 22.3 Å². The Bertz CT molecular complexity index is 1090. The van der Waals surface area contributed by atoms with Gasteiger partial charge in [-0.05, 0) is 53.4 Å². The topological polar surface area (TPSA) is 47.0 Å². The van der Waals surface area contributed by atoms with Gasteiger partial charge in [-0.25, -0.2) is 17.2 Å². The number of sulfone groups is 1. The highest BCUT2D eigenvalue weighted by atomic mass is 35.5. The van der Waals surface area contributed by atoms with Crippen LogP contribution in [0.25, 0.3) is 22.3 Å². The first-order valence-corrected chi connectivity index (χ1v) is 9.85. The first-order valence-electron chi connectivity index (χ1n) is 7.58. The van der Waals surface area contributed by atoms with Gasteiger partial charge in [0, 0.05) is 29.2 Å². The van der Waals surface area contributed by atoms with E-state index in [9.17, 15) is 17.2 Å². The zero-order chi connectivity index (χ0) is 19.1. The Balaban J connectivity index is 2.22. The molecule has 0 saturated heterocycles. The Kier molecular flexibility index (Phi) is 4.82. The number of hydrogen-bond acceptors (Lipinski definition) is 3. The summed E-state index contributed by atoms with van der Waals surface area (Å²) in [5.41, 5.74) is 2.98. The van der Waals surface area contributed by atoms with Gasteiger partial charge in [0.05, 0.1) is 0 Å². The van der Waals surface area contributed by atoms with Gasteiger partial charge in [0.15, 0.2) is 9.84 Å². The van der Waals surface area contributed by atoms with Gasteiger partial charge in [0.1, 0.15) is 16.5 Å². The zero-order valence-electron chi connectivity index (χ0n) is 13.9. The summed E-state index contributed by atoms with van der Waals surface area (Å²) in [4.78, 5) is 3.08. The van der Waals surface area contributed by atoms with Crippen LogP contribution >= 0.6 is 11.6 Å². The molecule has 7 heteroatoms. The van der Waals surface area contributed by atoms with Gasteiger partial charge in [-0.2, -0.15) is 0 Å². The van der Waals surface area contributed by atoms with Gasteiger partial charge in [-0.3, -0.25) is 4.98 Å². The summed E-state index contributed by atoms with van der Waals surface area (Å²) >= 11 is 6.18. The van der Waals surface area contributed by atoms with E-state index in [2.05, 4.69) is 4.98 Å². The molecule has 0 unspecified atom stereocenters. The number of hydrogen-bond donors (Lipinski definition) is 0. The molecule has 3 rings (SSSR count). The van der Waals surface area contributed by atoms with Crippen molar-refractivity contribution in [1.29, 1.82) is 0 Å². The molecule has 0 amide bonds. The van der Waals surface area contributed by atoms with Crippen LogP contribution in [-0.2, 0) is 9.84 Å². The molecule has 1 heterocycles. The van der Waals surface area contributed by atoms with Crippen molar-refractivity contribution in [2.75, 3.05) is 6.26 Å². The Morgan fingerprint density at radius 1 is 0.962 bits per heavy atom. The second-order valence-electron chi connectivity index (χ2n) is 5.93. The number of rotatable bonds is 3. The average Bonchev–Trinajstić information content (AvgIpc) is 2.55. The smallest absolute Gasteiger partial charge is 0.181 e. The van der Waals surface area contributed by atoms with Crippen molar-refractivity contribution in [2.24, 2.45) is 0 Å². The van der Waals surface area contributed by atoms with E-state index >= 15 is 0 Å². The number of pyridine rings is 1. The largest absolute Gasteiger partial charge is 0.264 e. The van der Waals surface area contributed by atoms with Gasteiger partial charge >= 0.3 is 0 Å². The molecular formula is C19H14ClF2NO2S. The number of benzene rings is 2. The van der Waals surface area contributed by atoms with Crippen LogP contribution in [0.1, 0.15) is 5.56 Å². The lowest BCUT2D eigenvalue weighted by Gasteiger charge is -2.12. The average molecular weight is 394 g/mol. The first-order chi connectivity index (χ1) is 12.2. The molecular weight excluding hydrogens is 380 g/mol. The highest BCUT2D eigenvalue weighted by molar-refractivity contribution is 7.90. The molecule has 2 aromatic carbocycles. The third-order valence-corrected chi connectivity index (χ3v) is 5.52. The Hall–Kier alpha value is -2.31. The fraction of sp³-hybridized carbons (Fsp3) is 0.105. The van der Waals surface area contributed by atoms with E-state index in [0.717, 1.165) is 29.5 Å². The van der Waals surface area contributed by atoms with Gasteiger partial charge < -0.3 is 0 Å². The fourth-order valence-electron chi connectivity index (χ4n) is 2.71. The fourth-order valence-corrected chi connectivity index (χ4v) is 3.71. The van der Waals surface area contributed by atoms with Crippen LogP contribution in [0.15, 0.2) is 53.7 Å². The molecule has 1 aromatic heterocycles. The standard InChI is InChI=1S/C19H14ClF2NO2S/c1-11-3-4-12(7-16(11)20)14-5-6-23-10-15(14)13-8-17(21)19(18(22)9-13)26(2,24)25/h3-10H,1-2H3. The van der Waals surface area contributed by atoms with Gasteiger partial charge in [-0.15, -0.1) is 0 Å². The first kappa shape index (κ1) is 18.5. The maximum Gasteiger partial charge on any atom is 0.181 e. The predicted octanol–water partition coefficient (Wildman–Crippen LogP) is 5.06. The van der Waals surface area contributed by atoms with E-state index in [-0.39, 0.29) is 5.56 Å². The number of aryl methyl sites for hydroxylation is 1. The zero-order valence-corrected chi connectivity index (χ0v) is 15.5. The summed E-state index contributed by atoms with van der Waals surface area (Å²) < 4.78 is 51.7. The summed E-state index contributed by atoms with van der Waals surface area (Å²) in [5, 5.41) is 0.565. The molecule has 3 nitrogen and oxygen atoms in total. The van der Waals surface area contributed by atoms with Crippen LogP contribution in [0.4, 0.5) is 8.78 Å². The molecule has 0 N–H and O–H groups in total. The van der Waals surface area contributed by atoms with Crippen LogP contribution in [0.2, 0.25) is 5.02 Å². The van der Waals surface area contributed by atoms with E-state index < -0.39 is 26.4 Å². The summed E-state index contributed by atoms with van der Waals surface area (Å²) in [7, 11) is -4.02. The third kappa shape index (κ3) is 3.48. The SMILES string of the molecule is Cc1ccc(-c2ccncc2-c2cc(F)c(S(C)(=O)=O)c(F)c2)cc1Cl. The molecule has 0 atom stereocenters. The van der Waals surface area contributed by atoms with Crippen LogP contribution in [0.5, 0.6) is 0 Å². The maximum atomic E-state index is 14.3. The van der Waals surface area contributed by atoms with Crippen LogP contribution in [-0.4, -0.2) is 19.7 Å². The van der Waals surface area contributed by atoms with E-state index in [1.165, 1.54) is 6.20 Å². The highest BCUT2D eigenvalue weighted by Gasteiger charge is 2.22. The minimum Gasteiger partial charge on any atom is -0.264 e. The molecule has 0 fully saturated rings. The van der Waals surface area contributed by atoms with E-state index in [4.69, 9.17) is 11.6 Å². The highest BCUT2D eigenvalue weighted by Crippen LogP contribution is 2.35. The van der Waals surface area contributed by atoms with Crippen LogP contribution < -0.4 is 0 Å². The molecule has 0 aliphatic carbocycles. The van der Waals surface area contributed by atoms with Crippen molar-refractivity contribution in [1.82, 2.24) is 4.98 Å². The van der Waals surface area contributed by atoms with Crippen molar-refractivity contribution in [3.05, 3.63) is 71.0 Å². The number of aromatic nitrogens is 1. The summed E-state index contributed by atoms with van der Waals surface area (Å²) in [6, 6.07) is 9.14. The summed E-state index contributed by atoms with van der Waals surface area (Å²) in [5.74, 6) is -2.28. The normalized spacial score (nSPS) is 11.6. The third-order valence-electron chi connectivity index (χ3n) is 3.98. The van der Waals surface area contributed by atoms with E-state index in [1.54, 1.807) is 18.3 Å². The van der Waals surface area contributed by atoms with Gasteiger partial charge in [0.2, 0.25) is 0 Å². The quantitative estimate of drug-likeness (QED) is 0.625. The van der Waals surface area contributed by atoms with E-state index in [1.807, 2.05) is 19.1 Å². The van der Waals surface area contributed by atoms with Crippen LogP contribution in [0.3, 0.4) is 0 Å². The molecule has 0 aliphatic rings. The Morgan fingerprint density at radius 2 is 1.62 bits per heavy atom. The van der Waals surface area contributed by atoms with Crippen molar-refractivity contribution in [2.45, 2.75) is 11.8 Å². The lowest BCUT2D eigenvalue weighted by atomic mass is 9.96. The molecule has 26 heavy (non-hydrogen) atoms. The molecule has 0 aliphatic heterocycles. The molecule has 0 bridgehead atoms. The number of nitrogens with zero attached hydrogens (tertiary/aromatic N) is 1. The molecule has 134 valence electrons. The molecule has 0 radical (unpaired) electrons.